The van der Waals surface area contributed by atoms with Crippen molar-refractivity contribution in [1.82, 2.24) is 14.6 Å². The van der Waals surface area contributed by atoms with Gasteiger partial charge in [0.15, 0.2) is 6.61 Å². The fraction of sp³-hybridized carbons (Fsp3) is 0.368. The summed E-state index contributed by atoms with van der Waals surface area (Å²) in [7, 11) is 0. The zero-order valence-electron chi connectivity index (χ0n) is 15.7. The van der Waals surface area contributed by atoms with Gasteiger partial charge in [0.25, 0.3) is 5.56 Å². The van der Waals surface area contributed by atoms with E-state index in [9.17, 15) is 9.59 Å². The molecular weight excluding hydrogens is 366 g/mol. The van der Waals surface area contributed by atoms with Crippen LogP contribution in [-0.2, 0) is 16.1 Å². The van der Waals surface area contributed by atoms with Gasteiger partial charge in [0.2, 0.25) is 4.96 Å². The maximum absolute atomic E-state index is 12.2. The normalized spacial score (nSPS) is 11.1. The predicted molar refractivity (Wildman–Crippen MR) is 102 cm³/mol. The van der Waals surface area contributed by atoms with Gasteiger partial charge in [-0.15, -0.1) is 0 Å². The van der Waals surface area contributed by atoms with Gasteiger partial charge in [-0.25, -0.2) is 9.78 Å². The molecule has 3 rings (SSSR count). The third kappa shape index (κ3) is 4.51. The van der Waals surface area contributed by atoms with E-state index in [0.29, 0.717) is 16.4 Å². The molecule has 0 aliphatic rings. The first-order chi connectivity index (χ1) is 12.8. The number of hydrogen-bond acceptors (Lipinski definition) is 7. The molecule has 8 heteroatoms. The number of carbonyl (C=O) groups excluding carboxylic acids is 1. The number of benzene rings is 1. The third-order valence-corrected chi connectivity index (χ3v) is 5.23. The Bertz CT molecular complexity index is 1040. The summed E-state index contributed by atoms with van der Waals surface area (Å²) in [5.41, 5.74) is 2.34. The smallest absolute Gasteiger partial charge is 0.344 e. The lowest BCUT2D eigenvalue weighted by Gasteiger charge is -2.08. The molecular formula is C19H21N3O4S. The molecule has 0 bridgehead atoms. The highest BCUT2D eigenvalue weighted by atomic mass is 32.1. The highest BCUT2D eigenvalue weighted by molar-refractivity contribution is 7.16. The Morgan fingerprint density at radius 2 is 2.00 bits per heavy atom. The summed E-state index contributed by atoms with van der Waals surface area (Å²) in [5, 5.41) is 5.09. The molecule has 0 radical (unpaired) electrons. The Labute approximate surface area is 160 Å². The topological polar surface area (TPSA) is 82.8 Å². The number of hydrogen-bond donors (Lipinski definition) is 0. The Morgan fingerprint density at radius 3 is 2.70 bits per heavy atom. The molecule has 27 heavy (non-hydrogen) atoms. The first-order valence-corrected chi connectivity index (χ1v) is 9.40. The number of nitrogens with zero attached hydrogens (tertiary/aromatic N) is 3. The van der Waals surface area contributed by atoms with Crippen LogP contribution in [0.1, 0.15) is 41.6 Å². The van der Waals surface area contributed by atoms with E-state index < -0.39 is 5.97 Å². The molecule has 3 aromatic rings. The summed E-state index contributed by atoms with van der Waals surface area (Å²) < 4.78 is 11.9. The molecule has 0 aliphatic heterocycles. The summed E-state index contributed by atoms with van der Waals surface area (Å²) in [6.45, 7) is 7.69. The van der Waals surface area contributed by atoms with Crippen LogP contribution in [0.25, 0.3) is 4.96 Å². The van der Waals surface area contributed by atoms with Crippen LogP contribution >= 0.6 is 11.3 Å². The number of fused-ring (bicyclic) bond motifs is 1. The Balaban J connectivity index is 1.61. The summed E-state index contributed by atoms with van der Waals surface area (Å²) in [6.07, 6.45) is 0. The van der Waals surface area contributed by atoms with Crippen LogP contribution in [0.4, 0.5) is 0 Å². The van der Waals surface area contributed by atoms with Crippen molar-refractivity contribution in [3.05, 3.63) is 56.4 Å². The maximum Gasteiger partial charge on any atom is 0.344 e. The number of carbonyl (C=O) groups is 1. The summed E-state index contributed by atoms with van der Waals surface area (Å²) in [6, 6.07) is 6.94. The second-order valence-electron chi connectivity index (χ2n) is 6.57. The number of ether oxygens (including phenoxy) is 2. The van der Waals surface area contributed by atoms with Gasteiger partial charge in [-0.2, -0.15) is 9.61 Å². The highest BCUT2D eigenvalue weighted by Crippen LogP contribution is 2.20. The maximum atomic E-state index is 12.2. The zero-order chi connectivity index (χ0) is 19.6. The van der Waals surface area contributed by atoms with Crippen molar-refractivity contribution in [3.63, 3.8) is 0 Å². The molecule has 2 heterocycles. The molecule has 0 spiro atoms. The van der Waals surface area contributed by atoms with Crippen LogP contribution in [0, 0.1) is 13.8 Å². The molecule has 0 saturated heterocycles. The summed E-state index contributed by atoms with van der Waals surface area (Å²) >= 11 is 1.35. The molecule has 0 amide bonds. The van der Waals surface area contributed by atoms with E-state index in [1.807, 2.05) is 45.9 Å². The second kappa shape index (κ2) is 7.87. The first-order valence-electron chi connectivity index (χ1n) is 8.59. The van der Waals surface area contributed by atoms with Crippen LogP contribution in [0.3, 0.4) is 0 Å². The van der Waals surface area contributed by atoms with Crippen molar-refractivity contribution >= 4 is 22.3 Å². The van der Waals surface area contributed by atoms with Crippen LogP contribution in [-0.4, -0.2) is 27.2 Å². The fourth-order valence-corrected chi connectivity index (χ4v) is 3.25. The fourth-order valence-electron chi connectivity index (χ4n) is 2.32. The molecule has 2 aromatic heterocycles. The van der Waals surface area contributed by atoms with Crippen LogP contribution in [0.5, 0.6) is 5.75 Å². The van der Waals surface area contributed by atoms with Crippen LogP contribution < -0.4 is 10.3 Å². The lowest BCUT2D eigenvalue weighted by Crippen LogP contribution is -2.18. The van der Waals surface area contributed by atoms with Crippen molar-refractivity contribution in [2.75, 3.05) is 6.61 Å². The van der Waals surface area contributed by atoms with E-state index in [1.54, 1.807) is 0 Å². The predicted octanol–water partition coefficient (Wildman–Crippen LogP) is 3.01. The highest BCUT2D eigenvalue weighted by Gasteiger charge is 2.13. The molecule has 0 aliphatic carbocycles. The van der Waals surface area contributed by atoms with Crippen molar-refractivity contribution in [3.8, 4) is 5.75 Å². The number of aryl methyl sites for hydroxylation is 2. The molecule has 0 fully saturated rings. The SMILES string of the molecule is Cc1ccc(OCC(=O)OCc2cc(=O)n3nc(C(C)C)sc3n2)cc1C. The zero-order valence-corrected chi connectivity index (χ0v) is 16.5. The average Bonchev–Trinajstić information content (AvgIpc) is 3.06. The molecule has 0 atom stereocenters. The molecule has 142 valence electrons. The standard InChI is InChI=1S/C19H21N3O4S/c1-11(2)18-21-22-16(23)8-14(20-19(22)27-18)9-26-17(24)10-25-15-6-5-12(3)13(4)7-15/h5-8,11H,9-10H2,1-4H3. The Kier molecular flexibility index (Phi) is 5.55. The van der Waals surface area contributed by atoms with E-state index in [0.717, 1.165) is 16.1 Å². The van der Waals surface area contributed by atoms with Crippen molar-refractivity contribution in [1.29, 1.82) is 0 Å². The van der Waals surface area contributed by atoms with Crippen LogP contribution in [0.2, 0.25) is 0 Å². The molecule has 0 N–H and O–H groups in total. The Morgan fingerprint density at radius 1 is 1.22 bits per heavy atom. The minimum Gasteiger partial charge on any atom is -0.482 e. The van der Waals surface area contributed by atoms with Crippen molar-refractivity contribution < 1.29 is 14.3 Å². The number of aromatic nitrogens is 3. The van der Waals surface area contributed by atoms with E-state index >= 15 is 0 Å². The largest absolute Gasteiger partial charge is 0.482 e. The van der Waals surface area contributed by atoms with Crippen molar-refractivity contribution in [2.24, 2.45) is 0 Å². The quantitative estimate of drug-likeness (QED) is 0.605. The number of rotatable bonds is 6. The second-order valence-corrected chi connectivity index (χ2v) is 7.56. The minimum absolute atomic E-state index is 0.0875. The van der Waals surface area contributed by atoms with Gasteiger partial charge < -0.3 is 9.47 Å². The van der Waals surface area contributed by atoms with Crippen LogP contribution in [0.15, 0.2) is 29.1 Å². The van der Waals surface area contributed by atoms with Gasteiger partial charge in [0.1, 0.15) is 17.4 Å². The van der Waals surface area contributed by atoms with Gasteiger partial charge in [-0.05, 0) is 37.1 Å². The molecule has 0 saturated carbocycles. The van der Waals surface area contributed by atoms with E-state index in [4.69, 9.17) is 9.47 Å². The first kappa shape index (κ1) is 19.0. The lowest BCUT2D eigenvalue weighted by atomic mass is 10.1. The van der Waals surface area contributed by atoms with Gasteiger partial charge in [-0.1, -0.05) is 31.3 Å². The number of esters is 1. The van der Waals surface area contributed by atoms with Gasteiger partial charge in [-0.3, -0.25) is 4.79 Å². The van der Waals surface area contributed by atoms with Crippen molar-refractivity contribution in [2.45, 2.75) is 40.2 Å². The molecule has 7 nitrogen and oxygen atoms in total. The molecule has 0 unspecified atom stereocenters. The monoisotopic (exact) mass is 387 g/mol. The molecule has 1 aromatic carbocycles. The summed E-state index contributed by atoms with van der Waals surface area (Å²) in [4.78, 5) is 28.9. The van der Waals surface area contributed by atoms with Gasteiger partial charge in [0, 0.05) is 12.0 Å². The Hall–Kier alpha value is -2.74. The van der Waals surface area contributed by atoms with Gasteiger partial charge >= 0.3 is 5.97 Å². The summed E-state index contributed by atoms with van der Waals surface area (Å²) in [5.74, 6) is 0.293. The average molecular weight is 387 g/mol. The minimum atomic E-state index is -0.526. The van der Waals surface area contributed by atoms with E-state index in [1.165, 1.54) is 21.9 Å². The lowest BCUT2D eigenvalue weighted by molar-refractivity contribution is -0.147. The van der Waals surface area contributed by atoms with E-state index in [-0.39, 0.29) is 24.7 Å². The van der Waals surface area contributed by atoms with E-state index in [2.05, 4.69) is 10.1 Å². The third-order valence-electron chi connectivity index (χ3n) is 4.02. The van der Waals surface area contributed by atoms with Gasteiger partial charge in [0.05, 0.1) is 5.69 Å².